The van der Waals surface area contributed by atoms with Gasteiger partial charge < -0.3 is 79.8 Å². The Kier molecular flexibility index (Phi) is 18.9. The highest BCUT2D eigenvalue weighted by Gasteiger charge is 2.31. The molecule has 0 aliphatic carbocycles. The molecular weight excluding hydrogens is 843 g/mol. The molecule has 25 nitrogen and oxygen atoms in total. The number of carbonyl (C=O) groups excluding carboxylic acids is 3. The Labute approximate surface area is 374 Å². The molecule has 6 amide bonds. The Morgan fingerprint density at radius 2 is 0.719 bits per heavy atom. The minimum atomic E-state index is -1.31. The highest BCUT2D eigenvalue weighted by molar-refractivity contribution is 5.71. The maximum absolute atomic E-state index is 13.7. The maximum Gasteiger partial charge on any atom is 0.410 e. The minimum absolute atomic E-state index is 0.0261. The van der Waals surface area contributed by atoms with Crippen LogP contribution in [-0.4, -0.2) is 231 Å². The van der Waals surface area contributed by atoms with Gasteiger partial charge in [-0.2, -0.15) is 15.0 Å². The van der Waals surface area contributed by atoms with Gasteiger partial charge in [-0.05, 0) is 62.3 Å². The number of hydrogen-bond acceptors (Lipinski definition) is 16. The van der Waals surface area contributed by atoms with Gasteiger partial charge in [0, 0.05) is 118 Å². The molecule has 0 saturated carbocycles. The summed E-state index contributed by atoms with van der Waals surface area (Å²) in [7, 11) is 0. The number of anilines is 3. The summed E-state index contributed by atoms with van der Waals surface area (Å²) in [6.45, 7) is 15.4. The van der Waals surface area contributed by atoms with Gasteiger partial charge in [0.1, 0.15) is 16.8 Å². The number of nitrogens with one attached hydrogen (secondary N) is 1. The van der Waals surface area contributed by atoms with Gasteiger partial charge in [-0.15, -0.1) is 0 Å². The first-order valence-corrected chi connectivity index (χ1v) is 21.3. The van der Waals surface area contributed by atoms with E-state index in [1.807, 2.05) is 0 Å². The van der Waals surface area contributed by atoms with Gasteiger partial charge >= 0.3 is 36.6 Å². The van der Waals surface area contributed by atoms with Crippen molar-refractivity contribution >= 4 is 54.4 Å². The fourth-order valence-electron chi connectivity index (χ4n) is 6.23. The lowest BCUT2D eigenvalue weighted by molar-refractivity contribution is 0.00805. The fraction of sp³-hybridized carbons (Fsp3) is 0.769. The molecule has 0 spiro atoms. The van der Waals surface area contributed by atoms with E-state index >= 15 is 0 Å². The molecule has 2 saturated heterocycles. The number of carbonyl (C=O) groups is 6. The molecule has 1 aromatic rings. The van der Waals surface area contributed by atoms with Crippen LogP contribution < -0.4 is 20.9 Å². The summed E-state index contributed by atoms with van der Waals surface area (Å²) in [5.74, 6) is 0.237. The number of hydrogen-bond donors (Lipinski definition) is 5. The van der Waals surface area contributed by atoms with Gasteiger partial charge in [-0.1, -0.05) is 0 Å². The molecule has 2 aliphatic heterocycles. The predicted octanol–water partition coefficient (Wildman–Crippen LogP) is 2.53. The Bertz CT molecular complexity index is 1680. The third-order valence-corrected chi connectivity index (χ3v) is 9.49. The van der Waals surface area contributed by atoms with Crippen LogP contribution in [0.3, 0.4) is 0 Å². The average Bonchev–Trinajstić information content (AvgIpc) is 3.14. The molecular formula is C39H69N13O12. The summed E-state index contributed by atoms with van der Waals surface area (Å²) in [5.41, 5.74) is 3.31. The highest BCUT2D eigenvalue weighted by atomic mass is 16.6. The van der Waals surface area contributed by atoms with Crippen LogP contribution in [0.4, 0.5) is 46.6 Å². The second-order valence-electron chi connectivity index (χ2n) is 18.2. The van der Waals surface area contributed by atoms with Gasteiger partial charge in [0.05, 0.1) is 0 Å². The minimum Gasteiger partial charge on any atom is -0.465 e. The standard InChI is InChI=1S/C39H69N13O12/c1-37(2,3)62-34(59)50-22-14-46(15-23-51(35(60)63-38(4,5)6)25-27-52(26-24-50)36(61)64-39(7,8)9)30-43-28(41-11-10-40)42-29(44-30)45-12-16-47(31(53)54)18-20-49(33(57)58)21-19-48(17-13-45)32(55)56/h10-27,40H2,1-9H3,(H,53,54)(H,55,56)(H,57,58)(H,41,42,43,44). The Morgan fingerprint density at radius 3 is 0.969 bits per heavy atom. The van der Waals surface area contributed by atoms with E-state index in [1.165, 1.54) is 14.7 Å². The van der Waals surface area contributed by atoms with Crippen LogP contribution in [0.25, 0.3) is 0 Å². The second kappa shape index (κ2) is 23.1. The van der Waals surface area contributed by atoms with Crippen molar-refractivity contribution in [3.63, 3.8) is 0 Å². The molecule has 1 aromatic heterocycles. The number of ether oxygens (including phenoxy) is 3. The fourth-order valence-corrected chi connectivity index (χ4v) is 6.23. The zero-order valence-electron chi connectivity index (χ0n) is 38.7. The van der Waals surface area contributed by atoms with Crippen LogP contribution in [0.15, 0.2) is 0 Å². The number of amides is 6. The molecule has 3 rings (SSSR count). The van der Waals surface area contributed by atoms with Crippen molar-refractivity contribution in [3.8, 4) is 0 Å². The van der Waals surface area contributed by atoms with E-state index < -0.39 is 53.4 Å². The molecule has 64 heavy (non-hydrogen) atoms. The summed E-state index contributed by atoms with van der Waals surface area (Å²) in [6, 6.07) is 0. The highest BCUT2D eigenvalue weighted by Crippen LogP contribution is 2.20. The number of nitrogens with zero attached hydrogens (tertiary/aromatic N) is 11. The van der Waals surface area contributed by atoms with Crippen molar-refractivity contribution < 1.29 is 58.3 Å². The first-order chi connectivity index (χ1) is 29.7. The smallest absolute Gasteiger partial charge is 0.410 e. The van der Waals surface area contributed by atoms with Crippen LogP contribution in [0.2, 0.25) is 0 Å². The first-order valence-electron chi connectivity index (χ1n) is 21.3. The van der Waals surface area contributed by atoms with Gasteiger partial charge in [0.15, 0.2) is 0 Å². The van der Waals surface area contributed by atoms with Crippen molar-refractivity contribution in [1.29, 1.82) is 0 Å². The summed E-state index contributed by atoms with van der Waals surface area (Å²) in [4.78, 5) is 102. The molecule has 0 radical (unpaired) electrons. The molecule has 0 bridgehead atoms. The van der Waals surface area contributed by atoms with Crippen molar-refractivity contribution in [1.82, 2.24) is 44.4 Å². The zero-order valence-corrected chi connectivity index (χ0v) is 38.7. The van der Waals surface area contributed by atoms with Gasteiger partial charge in [0.25, 0.3) is 0 Å². The molecule has 6 N–H and O–H groups in total. The predicted molar refractivity (Wildman–Crippen MR) is 234 cm³/mol. The van der Waals surface area contributed by atoms with E-state index in [2.05, 4.69) is 10.3 Å². The normalized spacial score (nSPS) is 17.3. The van der Waals surface area contributed by atoms with E-state index in [4.69, 9.17) is 29.9 Å². The molecule has 0 unspecified atom stereocenters. The molecule has 0 atom stereocenters. The maximum atomic E-state index is 13.7. The van der Waals surface area contributed by atoms with Crippen molar-refractivity contribution in [2.75, 3.05) is 133 Å². The molecule has 0 aromatic carbocycles. The number of aromatic nitrogens is 3. The monoisotopic (exact) mass is 912 g/mol. The molecule has 25 heteroatoms. The van der Waals surface area contributed by atoms with Crippen LogP contribution in [0, 0.1) is 0 Å². The van der Waals surface area contributed by atoms with E-state index in [1.54, 1.807) is 72.1 Å². The molecule has 2 fully saturated rings. The molecule has 3 heterocycles. The number of carboxylic acid groups (broad SMARTS) is 3. The summed E-state index contributed by atoms with van der Waals surface area (Å²) >= 11 is 0. The summed E-state index contributed by atoms with van der Waals surface area (Å²) < 4.78 is 17.2. The number of nitrogens with two attached hydrogens (primary N) is 1. The SMILES string of the molecule is CC(C)(C)OC(=O)N1CCN(C(=O)OC(C)(C)C)CCN(c2nc(NCCN)nc(N3CCN(C(=O)O)CCN(C(=O)O)CCN(C(=O)O)CC3)n2)CCN(C(=O)OC(C)(C)C)CC1. The summed E-state index contributed by atoms with van der Waals surface area (Å²) in [6.07, 6.45) is -5.78. The molecule has 362 valence electrons. The zero-order chi connectivity index (χ0) is 48.0. The van der Waals surface area contributed by atoms with Crippen molar-refractivity contribution in [3.05, 3.63) is 0 Å². The third kappa shape index (κ3) is 18.0. The molecule has 2 aliphatic rings. The third-order valence-electron chi connectivity index (χ3n) is 9.49. The van der Waals surface area contributed by atoms with E-state index in [-0.39, 0.29) is 136 Å². The van der Waals surface area contributed by atoms with E-state index in [9.17, 15) is 44.1 Å². The lowest BCUT2D eigenvalue weighted by atomic mass is 10.2. The summed E-state index contributed by atoms with van der Waals surface area (Å²) in [5, 5.41) is 32.9. The lowest BCUT2D eigenvalue weighted by Gasteiger charge is -2.36. The number of rotatable bonds is 5. The van der Waals surface area contributed by atoms with Gasteiger partial charge in [-0.25, -0.2) is 28.8 Å². The van der Waals surface area contributed by atoms with Crippen LogP contribution in [0.5, 0.6) is 0 Å². The van der Waals surface area contributed by atoms with Crippen LogP contribution >= 0.6 is 0 Å². The Morgan fingerprint density at radius 1 is 0.469 bits per heavy atom. The quantitative estimate of drug-likeness (QED) is 0.265. The van der Waals surface area contributed by atoms with Crippen LogP contribution in [-0.2, 0) is 14.2 Å². The topological polar surface area (TPSA) is 293 Å². The van der Waals surface area contributed by atoms with Gasteiger partial charge in [0.2, 0.25) is 17.8 Å². The van der Waals surface area contributed by atoms with Crippen molar-refractivity contribution in [2.24, 2.45) is 5.73 Å². The van der Waals surface area contributed by atoms with E-state index in [0.717, 1.165) is 14.7 Å². The lowest BCUT2D eigenvalue weighted by Crippen LogP contribution is -2.51. The largest absolute Gasteiger partial charge is 0.465 e. The average molecular weight is 912 g/mol. The van der Waals surface area contributed by atoms with Gasteiger partial charge in [-0.3, -0.25) is 0 Å². The Hall–Kier alpha value is -6.01. The Balaban J connectivity index is 2.15. The van der Waals surface area contributed by atoms with E-state index in [0.29, 0.717) is 0 Å². The van der Waals surface area contributed by atoms with Crippen LogP contribution in [0.1, 0.15) is 62.3 Å². The van der Waals surface area contributed by atoms with Crippen molar-refractivity contribution in [2.45, 2.75) is 79.1 Å². The first kappa shape index (κ1) is 52.3. The second-order valence-corrected chi connectivity index (χ2v) is 18.2.